The van der Waals surface area contributed by atoms with Crippen LogP contribution >= 0.6 is 0 Å². The maximum Gasteiger partial charge on any atom is 0.315 e. The lowest BCUT2D eigenvalue weighted by molar-refractivity contribution is -0.385. The van der Waals surface area contributed by atoms with Gasteiger partial charge in [-0.05, 0) is 25.5 Å². The summed E-state index contributed by atoms with van der Waals surface area (Å²) < 4.78 is 10.4. The van der Waals surface area contributed by atoms with Crippen molar-refractivity contribution in [3.63, 3.8) is 0 Å². The molecule has 1 aromatic carbocycles. The molecule has 0 amide bonds. The SMILES string of the molecule is COc1cc([N+](=O)[O-])c(OC)c2c(C)cc(C)nc12. The van der Waals surface area contributed by atoms with Crippen molar-refractivity contribution in [3.05, 3.63) is 33.5 Å². The van der Waals surface area contributed by atoms with Crippen molar-refractivity contribution in [2.45, 2.75) is 13.8 Å². The van der Waals surface area contributed by atoms with E-state index in [1.54, 1.807) is 0 Å². The first-order valence-electron chi connectivity index (χ1n) is 5.67. The van der Waals surface area contributed by atoms with Crippen molar-refractivity contribution in [2.75, 3.05) is 14.2 Å². The molecule has 2 rings (SSSR count). The van der Waals surface area contributed by atoms with E-state index in [0.29, 0.717) is 16.7 Å². The quantitative estimate of drug-likeness (QED) is 0.628. The molecule has 0 spiro atoms. The number of hydrogen-bond donors (Lipinski definition) is 0. The van der Waals surface area contributed by atoms with E-state index in [0.717, 1.165) is 11.3 Å². The van der Waals surface area contributed by atoms with E-state index in [2.05, 4.69) is 4.98 Å². The lowest BCUT2D eigenvalue weighted by Crippen LogP contribution is -2.00. The van der Waals surface area contributed by atoms with Gasteiger partial charge in [-0.15, -0.1) is 0 Å². The van der Waals surface area contributed by atoms with Crippen LogP contribution in [0.1, 0.15) is 11.3 Å². The van der Waals surface area contributed by atoms with E-state index < -0.39 is 4.92 Å². The Bertz CT molecular complexity index is 667. The van der Waals surface area contributed by atoms with Crippen LogP contribution in [0.25, 0.3) is 10.9 Å². The number of benzene rings is 1. The summed E-state index contributed by atoms with van der Waals surface area (Å²) in [6.07, 6.45) is 0. The molecule has 0 aliphatic rings. The fraction of sp³-hybridized carbons (Fsp3) is 0.308. The van der Waals surface area contributed by atoms with Crippen LogP contribution in [0, 0.1) is 24.0 Å². The third kappa shape index (κ3) is 2.05. The molecule has 0 unspecified atom stereocenters. The van der Waals surface area contributed by atoms with Gasteiger partial charge in [0.05, 0.1) is 30.6 Å². The van der Waals surface area contributed by atoms with E-state index >= 15 is 0 Å². The molecule has 0 radical (unpaired) electrons. The summed E-state index contributed by atoms with van der Waals surface area (Å²) in [6, 6.07) is 3.20. The summed E-state index contributed by atoms with van der Waals surface area (Å²) >= 11 is 0. The summed E-state index contributed by atoms with van der Waals surface area (Å²) in [6.45, 7) is 3.72. The van der Waals surface area contributed by atoms with E-state index in [9.17, 15) is 10.1 Å². The highest BCUT2D eigenvalue weighted by Gasteiger charge is 2.23. The highest BCUT2D eigenvalue weighted by atomic mass is 16.6. The van der Waals surface area contributed by atoms with Gasteiger partial charge >= 0.3 is 5.69 Å². The van der Waals surface area contributed by atoms with Gasteiger partial charge in [-0.2, -0.15) is 0 Å². The molecule has 0 atom stereocenters. The van der Waals surface area contributed by atoms with Gasteiger partial charge in [0.1, 0.15) is 5.52 Å². The number of nitrogens with zero attached hydrogens (tertiary/aromatic N) is 2. The molecule has 0 bridgehead atoms. The first-order chi connectivity index (χ1) is 8.99. The molecule has 0 aliphatic carbocycles. The molecule has 0 N–H and O–H groups in total. The largest absolute Gasteiger partial charge is 0.494 e. The van der Waals surface area contributed by atoms with Gasteiger partial charge in [-0.1, -0.05) is 0 Å². The number of ether oxygens (including phenoxy) is 2. The van der Waals surface area contributed by atoms with Crippen molar-refractivity contribution in [1.29, 1.82) is 0 Å². The number of methoxy groups -OCH3 is 2. The van der Waals surface area contributed by atoms with Crippen LogP contribution in [0.15, 0.2) is 12.1 Å². The molecule has 19 heavy (non-hydrogen) atoms. The Morgan fingerprint density at radius 1 is 1.21 bits per heavy atom. The smallest absolute Gasteiger partial charge is 0.315 e. The summed E-state index contributed by atoms with van der Waals surface area (Å²) in [4.78, 5) is 15.0. The van der Waals surface area contributed by atoms with Crippen LogP contribution < -0.4 is 9.47 Å². The highest BCUT2D eigenvalue weighted by molar-refractivity contribution is 5.96. The molecule has 6 nitrogen and oxygen atoms in total. The number of nitro groups is 1. The molecule has 2 aromatic rings. The summed E-state index contributed by atoms with van der Waals surface area (Å²) in [5.41, 5.74) is 2.13. The third-order valence-corrected chi connectivity index (χ3v) is 2.93. The number of pyridine rings is 1. The molecular weight excluding hydrogens is 248 g/mol. The van der Waals surface area contributed by atoms with Crippen molar-refractivity contribution in [3.8, 4) is 11.5 Å². The topological polar surface area (TPSA) is 74.5 Å². The molecule has 100 valence electrons. The summed E-state index contributed by atoms with van der Waals surface area (Å²) in [5.74, 6) is 0.583. The normalized spacial score (nSPS) is 10.5. The Morgan fingerprint density at radius 2 is 1.89 bits per heavy atom. The summed E-state index contributed by atoms with van der Waals surface area (Å²) in [7, 11) is 2.87. The van der Waals surface area contributed by atoms with Gasteiger partial charge in [0.15, 0.2) is 5.75 Å². The van der Waals surface area contributed by atoms with E-state index in [-0.39, 0.29) is 11.4 Å². The predicted molar refractivity (Wildman–Crippen MR) is 71.0 cm³/mol. The standard InChI is InChI=1S/C13H14N2O4/c1-7-5-8(2)14-12-10(18-3)6-9(15(16)17)13(19-4)11(7)12/h5-6H,1-4H3. The minimum Gasteiger partial charge on any atom is -0.494 e. The van der Waals surface area contributed by atoms with Gasteiger partial charge < -0.3 is 9.47 Å². The van der Waals surface area contributed by atoms with Gasteiger partial charge in [-0.3, -0.25) is 10.1 Å². The number of aromatic nitrogens is 1. The Morgan fingerprint density at radius 3 is 2.42 bits per heavy atom. The fourth-order valence-corrected chi connectivity index (χ4v) is 2.19. The Balaban J connectivity index is 3.00. The average Bonchev–Trinajstić information content (AvgIpc) is 2.36. The number of nitro benzene ring substituents is 1. The van der Waals surface area contributed by atoms with Crippen LogP contribution in [0.4, 0.5) is 5.69 Å². The molecule has 0 saturated carbocycles. The van der Waals surface area contributed by atoms with E-state index in [1.807, 2.05) is 19.9 Å². The molecular formula is C13H14N2O4. The van der Waals surface area contributed by atoms with Crippen molar-refractivity contribution >= 4 is 16.6 Å². The van der Waals surface area contributed by atoms with Crippen LogP contribution in [0.3, 0.4) is 0 Å². The van der Waals surface area contributed by atoms with Gasteiger partial charge in [0.2, 0.25) is 5.75 Å². The minimum atomic E-state index is -0.486. The molecule has 6 heteroatoms. The second kappa shape index (κ2) is 4.72. The molecule has 0 saturated heterocycles. The average molecular weight is 262 g/mol. The first-order valence-corrected chi connectivity index (χ1v) is 5.67. The van der Waals surface area contributed by atoms with Gasteiger partial charge in [0.25, 0.3) is 0 Å². The Labute approximate surface area is 110 Å². The lowest BCUT2D eigenvalue weighted by Gasteiger charge is -2.12. The zero-order chi connectivity index (χ0) is 14.2. The monoisotopic (exact) mass is 262 g/mol. The van der Waals surface area contributed by atoms with Crippen molar-refractivity contribution < 1.29 is 14.4 Å². The maximum absolute atomic E-state index is 11.1. The highest BCUT2D eigenvalue weighted by Crippen LogP contribution is 2.41. The minimum absolute atomic E-state index is 0.124. The number of fused-ring (bicyclic) bond motifs is 1. The van der Waals surface area contributed by atoms with Gasteiger partial charge in [-0.25, -0.2) is 4.98 Å². The third-order valence-electron chi connectivity index (χ3n) is 2.93. The molecule has 1 aromatic heterocycles. The fourth-order valence-electron chi connectivity index (χ4n) is 2.19. The molecule has 1 heterocycles. The van der Waals surface area contributed by atoms with Gasteiger partial charge in [0, 0.05) is 5.69 Å². The van der Waals surface area contributed by atoms with Crippen LogP contribution in [-0.4, -0.2) is 24.1 Å². The number of aryl methyl sites for hydroxylation is 2. The predicted octanol–water partition coefficient (Wildman–Crippen LogP) is 2.78. The van der Waals surface area contributed by atoms with E-state index in [1.165, 1.54) is 20.3 Å². The van der Waals surface area contributed by atoms with Crippen molar-refractivity contribution in [2.24, 2.45) is 0 Å². The van der Waals surface area contributed by atoms with Crippen molar-refractivity contribution in [1.82, 2.24) is 4.98 Å². The zero-order valence-electron chi connectivity index (χ0n) is 11.2. The molecule has 0 aliphatic heterocycles. The van der Waals surface area contributed by atoms with E-state index in [4.69, 9.17) is 9.47 Å². The Hall–Kier alpha value is -2.37. The number of rotatable bonds is 3. The first kappa shape index (κ1) is 13.1. The summed E-state index contributed by atoms with van der Waals surface area (Å²) in [5, 5.41) is 11.7. The zero-order valence-corrected chi connectivity index (χ0v) is 11.2. The second-order valence-electron chi connectivity index (χ2n) is 4.19. The second-order valence-corrected chi connectivity index (χ2v) is 4.19. The van der Waals surface area contributed by atoms with Crippen LogP contribution in [-0.2, 0) is 0 Å². The molecule has 0 fully saturated rings. The van der Waals surface area contributed by atoms with Crippen LogP contribution in [0.2, 0.25) is 0 Å². The Kier molecular flexibility index (Phi) is 3.25. The number of hydrogen-bond acceptors (Lipinski definition) is 5. The van der Waals surface area contributed by atoms with Crippen LogP contribution in [0.5, 0.6) is 11.5 Å². The lowest BCUT2D eigenvalue weighted by atomic mass is 10.1. The maximum atomic E-state index is 11.1.